The van der Waals surface area contributed by atoms with E-state index in [9.17, 15) is 8.78 Å². The molecule has 2 fully saturated rings. The van der Waals surface area contributed by atoms with Gasteiger partial charge in [-0.1, -0.05) is 43.7 Å². The summed E-state index contributed by atoms with van der Waals surface area (Å²) in [6.45, 7) is 3.88. The monoisotopic (exact) mass is 440 g/mol. The van der Waals surface area contributed by atoms with Crippen LogP contribution in [0.3, 0.4) is 0 Å². The van der Waals surface area contributed by atoms with Crippen LogP contribution >= 0.6 is 0 Å². The Labute approximate surface area is 194 Å². The first-order valence-electron chi connectivity index (χ1n) is 13.4. The van der Waals surface area contributed by atoms with Gasteiger partial charge < -0.3 is 0 Å². The third-order valence-corrected chi connectivity index (χ3v) is 8.90. The van der Waals surface area contributed by atoms with Crippen LogP contribution in [0.2, 0.25) is 0 Å². The molecule has 2 saturated carbocycles. The molecule has 0 saturated heterocycles. The quantitative estimate of drug-likeness (QED) is 0.386. The van der Waals surface area contributed by atoms with Gasteiger partial charge in [-0.3, -0.25) is 0 Å². The number of unbranched alkanes of at least 4 members (excludes halogenated alkanes) is 1. The maximum atomic E-state index is 14.4. The van der Waals surface area contributed by atoms with Crippen molar-refractivity contribution in [3.8, 4) is 0 Å². The van der Waals surface area contributed by atoms with Crippen LogP contribution in [0.1, 0.15) is 102 Å². The molecule has 0 spiro atoms. The predicted octanol–water partition coefficient (Wildman–Crippen LogP) is 9.43. The van der Waals surface area contributed by atoms with E-state index in [4.69, 9.17) is 0 Å². The highest BCUT2D eigenvalue weighted by Crippen LogP contribution is 2.46. The molecule has 0 heterocycles. The lowest BCUT2D eigenvalue weighted by atomic mass is 9.66. The summed E-state index contributed by atoms with van der Waals surface area (Å²) < 4.78 is 28.4. The lowest BCUT2D eigenvalue weighted by molar-refractivity contribution is 0.128. The fourth-order valence-corrected chi connectivity index (χ4v) is 6.77. The molecule has 3 aliphatic carbocycles. The zero-order valence-electron chi connectivity index (χ0n) is 20.2. The zero-order chi connectivity index (χ0) is 22.5. The van der Waals surface area contributed by atoms with E-state index in [1.54, 1.807) is 19.1 Å². The minimum atomic E-state index is -0.685. The minimum absolute atomic E-state index is 0.388. The Balaban J connectivity index is 1.24. The molecule has 0 amide bonds. The predicted molar refractivity (Wildman–Crippen MR) is 131 cm³/mol. The largest absolute Gasteiger partial charge is 0.203 e. The van der Waals surface area contributed by atoms with Crippen molar-refractivity contribution in [2.24, 2.45) is 29.6 Å². The van der Waals surface area contributed by atoms with Crippen LogP contribution in [0.15, 0.2) is 30.4 Å². The molecule has 176 valence electrons. The molecule has 1 aromatic carbocycles. The molecule has 1 aromatic rings. The molecule has 0 aromatic heterocycles. The van der Waals surface area contributed by atoms with E-state index in [0.29, 0.717) is 11.1 Å². The Hall–Kier alpha value is -1.44. The molecule has 0 bridgehead atoms. The Morgan fingerprint density at radius 2 is 1.44 bits per heavy atom. The topological polar surface area (TPSA) is 0 Å². The Morgan fingerprint density at radius 1 is 0.812 bits per heavy atom. The Morgan fingerprint density at radius 3 is 2.03 bits per heavy atom. The first kappa shape index (κ1) is 23.7. The van der Waals surface area contributed by atoms with Gasteiger partial charge >= 0.3 is 0 Å². The van der Waals surface area contributed by atoms with E-state index < -0.39 is 11.6 Å². The van der Waals surface area contributed by atoms with Crippen LogP contribution in [0.25, 0.3) is 5.57 Å². The molecule has 1 unspecified atom stereocenters. The summed E-state index contributed by atoms with van der Waals surface area (Å²) in [5.74, 6) is 2.97. The smallest absolute Gasteiger partial charge is 0.166 e. The van der Waals surface area contributed by atoms with Gasteiger partial charge in [0.1, 0.15) is 0 Å². The first-order chi connectivity index (χ1) is 15.6. The first-order valence-corrected chi connectivity index (χ1v) is 13.4. The number of allylic oxidation sites excluding steroid dienone is 4. The SMILES string of the molecule is CCC/C=C/C1CCC(C2CCC(C3CC=C(c4ccc(C)c(F)c4F)CC3)CC2)CC1. The fourth-order valence-electron chi connectivity index (χ4n) is 6.77. The molecule has 0 N–H and O–H groups in total. The van der Waals surface area contributed by atoms with Gasteiger partial charge in [-0.2, -0.15) is 0 Å². The van der Waals surface area contributed by atoms with Crippen LogP contribution in [0, 0.1) is 48.1 Å². The lowest BCUT2D eigenvalue weighted by Crippen LogP contribution is -2.28. The van der Waals surface area contributed by atoms with E-state index in [0.717, 1.165) is 54.4 Å². The molecular formula is C30H42F2. The molecule has 32 heavy (non-hydrogen) atoms. The van der Waals surface area contributed by atoms with Crippen molar-refractivity contribution in [2.45, 2.75) is 97.3 Å². The molecule has 2 heteroatoms. The highest BCUT2D eigenvalue weighted by atomic mass is 19.2. The molecular weight excluding hydrogens is 398 g/mol. The van der Waals surface area contributed by atoms with E-state index >= 15 is 0 Å². The maximum Gasteiger partial charge on any atom is 0.166 e. The summed E-state index contributed by atoms with van der Waals surface area (Å²) in [4.78, 5) is 0. The molecule has 0 radical (unpaired) electrons. The van der Waals surface area contributed by atoms with Crippen LogP contribution in [-0.2, 0) is 0 Å². The minimum Gasteiger partial charge on any atom is -0.203 e. The summed E-state index contributed by atoms with van der Waals surface area (Å²) in [5.41, 5.74) is 1.88. The number of hydrogen-bond donors (Lipinski definition) is 0. The normalized spacial score (nSPS) is 31.6. The average Bonchev–Trinajstić information content (AvgIpc) is 2.84. The Kier molecular flexibility index (Phi) is 8.24. The van der Waals surface area contributed by atoms with Crippen LogP contribution in [0.5, 0.6) is 0 Å². The van der Waals surface area contributed by atoms with Gasteiger partial charge in [0, 0.05) is 5.56 Å². The third-order valence-electron chi connectivity index (χ3n) is 8.90. The summed E-state index contributed by atoms with van der Waals surface area (Å²) >= 11 is 0. The summed E-state index contributed by atoms with van der Waals surface area (Å²) in [6.07, 6.45) is 23.9. The number of hydrogen-bond acceptors (Lipinski definition) is 0. The van der Waals surface area contributed by atoms with Gasteiger partial charge in [0.25, 0.3) is 0 Å². The van der Waals surface area contributed by atoms with E-state index in [1.165, 1.54) is 64.2 Å². The fraction of sp³-hybridized carbons (Fsp3) is 0.667. The highest BCUT2D eigenvalue weighted by molar-refractivity contribution is 5.67. The van der Waals surface area contributed by atoms with Crippen LogP contribution < -0.4 is 0 Å². The summed E-state index contributed by atoms with van der Waals surface area (Å²) in [6, 6.07) is 3.47. The van der Waals surface area contributed by atoms with Crippen molar-refractivity contribution in [1.29, 1.82) is 0 Å². The number of aryl methyl sites for hydroxylation is 1. The van der Waals surface area contributed by atoms with Crippen molar-refractivity contribution >= 4 is 5.57 Å². The van der Waals surface area contributed by atoms with E-state index in [2.05, 4.69) is 25.2 Å². The van der Waals surface area contributed by atoms with Gasteiger partial charge in [-0.05, 0) is 125 Å². The standard InChI is InChI=1S/C30H42F2/c1-3-4-5-6-22-8-10-23(11-9-22)24-12-14-25(15-13-24)26-16-18-27(19-17-26)28-20-7-21(2)29(31)30(28)32/h5-7,18,20,22-26H,3-4,8-17,19H2,1-2H3/b6-5+. The van der Waals surface area contributed by atoms with Crippen LogP contribution in [0.4, 0.5) is 8.78 Å². The van der Waals surface area contributed by atoms with Gasteiger partial charge in [-0.25, -0.2) is 8.78 Å². The highest BCUT2D eigenvalue weighted by Gasteiger charge is 2.33. The lowest BCUT2D eigenvalue weighted by Gasteiger charge is -2.40. The van der Waals surface area contributed by atoms with Gasteiger partial charge in [0.05, 0.1) is 0 Å². The van der Waals surface area contributed by atoms with E-state index in [-0.39, 0.29) is 0 Å². The second-order valence-corrected chi connectivity index (χ2v) is 10.9. The number of halogens is 2. The molecule has 0 nitrogen and oxygen atoms in total. The van der Waals surface area contributed by atoms with Crippen molar-refractivity contribution < 1.29 is 8.78 Å². The van der Waals surface area contributed by atoms with Crippen molar-refractivity contribution in [3.05, 3.63) is 53.1 Å². The summed E-state index contributed by atoms with van der Waals surface area (Å²) in [5, 5.41) is 0. The molecule has 1 atom stereocenters. The zero-order valence-corrected chi connectivity index (χ0v) is 20.2. The van der Waals surface area contributed by atoms with Gasteiger partial charge in [-0.15, -0.1) is 0 Å². The third kappa shape index (κ3) is 5.54. The molecule has 0 aliphatic heterocycles. The summed E-state index contributed by atoms with van der Waals surface area (Å²) in [7, 11) is 0. The van der Waals surface area contributed by atoms with Crippen molar-refractivity contribution in [1.82, 2.24) is 0 Å². The van der Waals surface area contributed by atoms with E-state index in [1.807, 2.05) is 0 Å². The van der Waals surface area contributed by atoms with Gasteiger partial charge in [0.2, 0.25) is 0 Å². The Bertz CT molecular complexity index is 804. The molecule has 4 rings (SSSR count). The number of benzene rings is 1. The van der Waals surface area contributed by atoms with Crippen molar-refractivity contribution in [3.63, 3.8) is 0 Å². The van der Waals surface area contributed by atoms with Crippen LogP contribution in [-0.4, -0.2) is 0 Å². The van der Waals surface area contributed by atoms with Gasteiger partial charge in [0.15, 0.2) is 11.6 Å². The second-order valence-electron chi connectivity index (χ2n) is 10.9. The number of rotatable bonds is 6. The second kappa shape index (κ2) is 11.1. The average molecular weight is 441 g/mol. The van der Waals surface area contributed by atoms with Crippen molar-refractivity contribution in [2.75, 3.05) is 0 Å². The maximum absolute atomic E-state index is 14.4. The molecule has 3 aliphatic rings.